The van der Waals surface area contributed by atoms with Gasteiger partial charge in [0.2, 0.25) is 11.8 Å². The van der Waals surface area contributed by atoms with E-state index in [4.69, 9.17) is 0 Å². The van der Waals surface area contributed by atoms with Crippen LogP contribution < -0.4 is 5.32 Å². The number of benzene rings is 2. The lowest BCUT2D eigenvalue weighted by molar-refractivity contribution is -0.141. The maximum atomic E-state index is 13.5. The average Bonchev–Trinajstić information content (AvgIpc) is 2.98. The first-order valence-electron chi connectivity index (χ1n) is 11.3. The molecule has 0 aromatic heterocycles. The fraction of sp³-hybridized carbons (Fsp3) is 0.400. The molecule has 2 aromatic rings. The lowest BCUT2D eigenvalue weighted by atomic mass is 10.1. The molecule has 34 heavy (non-hydrogen) atoms. The quantitative estimate of drug-likeness (QED) is 0.588. The fourth-order valence-electron chi connectivity index (χ4n) is 3.95. The van der Waals surface area contributed by atoms with Crippen LogP contribution in [0.5, 0.6) is 0 Å². The van der Waals surface area contributed by atoms with Crippen molar-refractivity contribution in [3.63, 3.8) is 0 Å². The number of sulfonamides is 1. The van der Waals surface area contributed by atoms with Crippen LogP contribution in [0.15, 0.2) is 53.4 Å². The lowest BCUT2D eigenvalue weighted by Crippen LogP contribution is -2.52. The van der Waals surface area contributed by atoms with E-state index in [1.54, 1.807) is 13.0 Å². The lowest BCUT2D eigenvalue weighted by Gasteiger charge is -2.32. The van der Waals surface area contributed by atoms with Gasteiger partial charge >= 0.3 is 0 Å². The van der Waals surface area contributed by atoms with Crippen LogP contribution in [0.2, 0.25) is 0 Å². The van der Waals surface area contributed by atoms with Crippen LogP contribution in [0, 0.1) is 12.8 Å². The smallest absolute Gasteiger partial charge is 0.269 e. The maximum absolute atomic E-state index is 13.5. The Bertz CT molecular complexity index is 1190. The van der Waals surface area contributed by atoms with Crippen molar-refractivity contribution in [3.05, 3.63) is 65.2 Å². The number of hydrogen-bond donors (Lipinski definition) is 1. The monoisotopic (exact) mass is 485 g/mol. The summed E-state index contributed by atoms with van der Waals surface area (Å²) in [6.07, 6.45) is 0.336. The molecule has 2 aromatic carbocycles. The topological polar surface area (TPSA) is 104 Å². The van der Waals surface area contributed by atoms with Crippen molar-refractivity contribution in [1.82, 2.24) is 14.5 Å². The van der Waals surface area contributed by atoms with Gasteiger partial charge in [-0.3, -0.25) is 14.4 Å². The summed E-state index contributed by atoms with van der Waals surface area (Å²) < 4.78 is 26.5. The minimum absolute atomic E-state index is 0.0438. The van der Waals surface area contributed by atoms with Crippen LogP contribution in [0.3, 0.4) is 0 Å². The Morgan fingerprint density at radius 1 is 1.09 bits per heavy atom. The summed E-state index contributed by atoms with van der Waals surface area (Å²) in [4.78, 5) is 40.6. The predicted molar refractivity (Wildman–Crippen MR) is 128 cm³/mol. The molecule has 182 valence electrons. The van der Waals surface area contributed by atoms with Gasteiger partial charge in [-0.2, -0.15) is 0 Å². The van der Waals surface area contributed by atoms with Gasteiger partial charge in [0.1, 0.15) is 17.5 Å². The van der Waals surface area contributed by atoms with Crippen molar-refractivity contribution in [3.8, 4) is 0 Å². The van der Waals surface area contributed by atoms with E-state index in [2.05, 4.69) is 5.32 Å². The number of amides is 3. The van der Waals surface area contributed by atoms with E-state index in [0.29, 0.717) is 17.3 Å². The van der Waals surface area contributed by atoms with Crippen molar-refractivity contribution in [2.24, 2.45) is 5.92 Å². The molecule has 3 amide bonds. The maximum Gasteiger partial charge on any atom is 0.269 e. The van der Waals surface area contributed by atoms with E-state index in [9.17, 15) is 22.8 Å². The largest absolute Gasteiger partial charge is 0.354 e. The molecule has 9 heteroatoms. The molecular weight excluding hydrogens is 454 g/mol. The molecule has 1 atom stereocenters. The molecule has 0 radical (unpaired) electrons. The number of aryl methyl sites for hydroxylation is 1. The van der Waals surface area contributed by atoms with E-state index in [1.165, 1.54) is 23.1 Å². The van der Waals surface area contributed by atoms with Gasteiger partial charge in [-0.15, -0.1) is 0 Å². The molecule has 0 aliphatic carbocycles. The molecule has 0 bridgehead atoms. The molecule has 1 aliphatic heterocycles. The van der Waals surface area contributed by atoms with Crippen LogP contribution in [-0.2, 0) is 26.2 Å². The highest BCUT2D eigenvalue weighted by atomic mass is 32.2. The van der Waals surface area contributed by atoms with Gasteiger partial charge in [0, 0.05) is 13.1 Å². The molecule has 1 aliphatic rings. The van der Waals surface area contributed by atoms with E-state index >= 15 is 0 Å². The Labute approximate surface area is 201 Å². The third-order valence-corrected chi connectivity index (χ3v) is 7.48. The van der Waals surface area contributed by atoms with Crippen LogP contribution in [0.25, 0.3) is 0 Å². The second kappa shape index (κ2) is 10.4. The Hall–Kier alpha value is -3.20. The second-order valence-corrected chi connectivity index (χ2v) is 10.7. The molecular formula is C25H31N3O5S. The number of carbonyl (C=O) groups excluding carboxylic acids is 3. The average molecular weight is 486 g/mol. The van der Waals surface area contributed by atoms with Gasteiger partial charge in [-0.05, 0) is 37.0 Å². The first-order chi connectivity index (χ1) is 16.1. The highest BCUT2D eigenvalue weighted by Crippen LogP contribution is 2.30. The SMILES string of the molecule is CC[C@@H](C(=O)NCC(C)C)N(Cc1cccc(C)c1)C(=O)CN1C(=O)c2ccccc2S1(=O)=O. The standard InChI is InChI=1S/C25H31N3O5S/c1-5-21(24(30)26-14-17(2)3)27(15-19-10-8-9-18(4)13-19)23(29)16-28-25(31)20-11-6-7-12-22(20)34(28,32)33/h6-13,17,21H,5,14-16H2,1-4H3,(H,26,30)/t21-/m0/s1. The minimum atomic E-state index is -4.14. The van der Waals surface area contributed by atoms with E-state index in [1.807, 2.05) is 45.0 Å². The third-order valence-electron chi connectivity index (χ3n) is 5.70. The summed E-state index contributed by atoms with van der Waals surface area (Å²) in [7, 11) is -4.14. The van der Waals surface area contributed by atoms with E-state index in [-0.39, 0.29) is 28.8 Å². The zero-order valence-corrected chi connectivity index (χ0v) is 20.8. The molecule has 1 N–H and O–H groups in total. The number of fused-ring (bicyclic) bond motifs is 1. The molecule has 0 unspecified atom stereocenters. The summed E-state index contributed by atoms with van der Waals surface area (Å²) in [5.74, 6) is -1.43. The van der Waals surface area contributed by atoms with Gasteiger partial charge in [-0.25, -0.2) is 12.7 Å². The number of hydrogen-bond acceptors (Lipinski definition) is 5. The third kappa shape index (κ3) is 5.30. The Morgan fingerprint density at radius 3 is 2.41 bits per heavy atom. The highest BCUT2D eigenvalue weighted by Gasteiger charge is 2.43. The summed E-state index contributed by atoms with van der Waals surface area (Å²) in [6, 6.07) is 12.6. The van der Waals surface area contributed by atoms with Gasteiger partial charge in [-0.1, -0.05) is 62.7 Å². The molecule has 3 rings (SSSR count). The Balaban J connectivity index is 1.91. The van der Waals surface area contributed by atoms with Crippen molar-refractivity contribution in [2.45, 2.75) is 51.6 Å². The molecule has 0 saturated heterocycles. The number of nitrogens with zero attached hydrogens (tertiary/aromatic N) is 2. The van der Waals surface area contributed by atoms with Crippen molar-refractivity contribution < 1.29 is 22.8 Å². The Morgan fingerprint density at radius 2 is 1.79 bits per heavy atom. The van der Waals surface area contributed by atoms with Crippen LogP contribution in [0.4, 0.5) is 0 Å². The van der Waals surface area contributed by atoms with Gasteiger partial charge in [0.15, 0.2) is 0 Å². The van der Waals surface area contributed by atoms with Gasteiger partial charge in [0.05, 0.1) is 5.56 Å². The normalized spacial score (nSPS) is 15.2. The number of carbonyl (C=O) groups is 3. The molecule has 0 spiro atoms. The molecule has 8 nitrogen and oxygen atoms in total. The summed E-state index contributed by atoms with van der Waals surface area (Å²) in [5.41, 5.74) is 1.85. The number of rotatable bonds is 9. The molecule has 0 saturated carbocycles. The molecule has 1 heterocycles. The summed E-state index contributed by atoms with van der Waals surface area (Å²) in [6.45, 7) is 7.56. The fourth-order valence-corrected chi connectivity index (χ4v) is 5.47. The van der Waals surface area contributed by atoms with Crippen LogP contribution in [-0.4, -0.2) is 54.5 Å². The van der Waals surface area contributed by atoms with Crippen LogP contribution in [0.1, 0.15) is 48.7 Å². The van der Waals surface area contributed by atoms with E-state index in [0.717, 1.165) is 11.1 Å². The first-order valence-corrected chi connectivity index (χ1v) is 12.8. The summed E-state index contributed by atoms with van der Waals surface area (Å²) >= 11 is 0. The van der Waals surface area contributed by atoms with Crippen molar-refractivity contribution in [2.75, 3.05) is 13.1 Å². The zero-order chi connectivity index (χ0) is 25.0. The predicted octanol–water partition coefficient (Wildman–Crippen LogP) is 2.72. The highest BCUT2D eigenvalue weighted by molar-refractivity contribution is 7.90. The zero-order valence-electron chi connectivity index (χ0n) is 19.9. The van der Waals surface area contributed by atoms with Gasteiger partial charge < -0.3 is 10.2 Å². The number of nitrogens with one attached hydrogen (secondary N) is 1. The first kappa shape index (κ1) is 25.4. The van der Waals surface area contributed by atoms with E-state index < -0.39 is 34.4 Å². The Kier molecular flexibility index (Phi) is 7.76. The van der Waals surface area contributed by atoms with Crippen LogP contribution >= 0.6 is 0 Å². The summed E-state index contributed by atoms with van der Waals surface area (Å²) in [5, 5.41) is 2.87. The van der Waals surface area contributed by atoms with Crippen molar-refractivity contribution in [1.29, 1.82) is 0 Å². The minimum Gasteiger partial charge on any atom is -0.354 e. The second-order valence-electron chi connectivity index (χ2n) is 8.89. The van der Waals surface area contributed by atoms with Crippen molar-refractivity contribution >= 4 is 27.7 Å². The molecule has 0 fully saturated rings. The van der Waals surface area contributed by atoms with Gasteiger partial charge in [0.25, 0.3) is 15.9 Å².